The van der Waals surface area contributed by atoms with E-state index in [4.69, 9.17) is 4.74 Å². The van der Waals surface area contributed by atoms with Gasteiger partial charge in [-0.1, -0.05) is 0 Å². The minimum atomic E-state index is -4.28. The Morgan fingerprint density at radius 1 is 1.13 bits per heavy atom. The van der Waals surface area contributed by atoms with Gasteiger partial charge in [0.25, 0.3) is 0 Å². The zero-order valence-corrected chi connectivity index (χ0v) is 16.9. The van der Waals surface area contributed by atoms with E-state index < -0.39 is 12.6 Å². The van der Waals surface area contributed by atoms with Gasteiger partial charge in [0, 0.05) is 38.2 Å². The first-order valence-electron chi connectivity index (χ1n) is 9.63. The molecule has 0 N–H and O–H groups in total. The van der Waals surface area contributed by atoms with Crippen LogP contribution in [0.4, 0.5) is 19.1 Å². The van der Waals surface area contributed by atoms with Crippen molar-refractivity contribution in [2.75, 3.05) is 24.6 Å². The molecule has 1 fully saturated rings. The summed E-state index contributed by atoms with van der Waals surface area (Å²) >= 11 is 0. The lowest BCUT2D eigenvalue weighted by molar-refractivity contribution is -0.134. The third kappa shape index (κ3) is 4.35. The van der Waals surface area contributed by atoms with Crippen molar-refractivity contribution in [1.82, 2.24) is 29.7 Å². The quantitative estimate of drug-likeness (QED) is 0.641. The molecule has 1 aliphatic heterocycles. The Hall–Kier alpha value is -2.82. The molecular formula is C19H22F3N7O. The summed E-state index contributed by atoms with van der Waals surface area (Å²) in [5.41, 5.74) is 3.14. The predicted molar refractivity (Wildman–Crippen MR) is 103 cm³/mol. The average Bonchev–Trinajstić information content (AvgIpc) is 3.13. The number of aromatic nitrogens is 6. The van der Waals surface area contributed by atoms with Gasteiger partial charge in [0.2, 0.25) is 5.95 Å². The molecule has 3 aromatic rings. The molecule has 1 saturated heterocycles. The second-order valence-corrected chi connectivity index (χ2v) is 7.40. The van der Waals surface area contributed by atoms with Crippen molar-refractivity contribution < 1.29 is 17.9 Å². The number of halogens is 3. The molecular weight excluding hydrogens is 399 g/mol. The van der Waals surface area contributed by atoms with Crippen molar-refractivity contribution in [2.24, 2.45) is 7.05 Å². The highest BCUT2D eigenvalue weighted by atomic mass is 19.4. The molecule has 4 heterocycles. The lowest BCUT2D eigenvalue weighted by Crippen LogP contribution is -2.39. The standard InChI is InChI=1S/C19H22F3N7O/c1-11-12(2)25-17-16(24-11)14(4-5-19(20,21)22)26-18(27-17)29-6-7-30-15(10-29)13-8-23-28(3)9-13/h8-9,15H,4-7,10H2,1-3H3/t15-/m1/s1. The number of rotatable bonds is 4. The fourth-order valence-electron chi connectivity index (χ4n) is 3.37. The number of nitrogens with zero attached hydrogens (tertiary/aromatic N) is 7. The number of aryl methyl sites for hydroxylation is 4. The Kier molecular flexibility index (Phi) is 5.31. The van der Waals surface area contributed by atoms with Crippen LogP contribution in [0.15, 0.2) is 12.4 Å². The molecule has 0 aliphatic carbocycles. The van der Waals surface area contributed by atoms with E-state index >= 15 is 0 Å². The normalized spacial score (nSPS) is 17.7. The molecule has 1 atom stereocenters. The van der Waals surface area contributed by atoms with Crippen LogP contribution in [0.25, 0.3) is 11.2 Å². The monoisotopic (exact) mass is 421 g/mol. The smallest absolute Gasteiger partial charge is 0.370 e. The number of morpholine rings is 1. The second-order valence-electron chi connectivity index (χ2n) is 7.40. The summed E-state index contributed by atoms with van der Waals surface area (Å²) in [6.07, 6.45) is -2.15. The summed E-state index contributed by atoms with van der Waals surface area (Å²) in [4.78, 5) is 19.8. The Balaban J connectivity index is 1.70. The van der Waals surface area contributed by atoms with Gasteiger partial charge in [0.05, 0.1) is 36.4 Å². The van der Waals surface area contributed by atoms with Crippen molar-refractivity contribution in [2.45, 2.75) is 39.0 Å². The van der Waals surface area contributed by atoms with Gasteiger partial charge in [0.15, 0.2) is 5.65 Å². The van der Waals surface area contributed by atoms with Gasteiger partial charge < -0.3 is 9.64 Å². The SMILES string of the molecule is Cc1nc2nc(N3CCO[C@@H](c4cnn(C)c4)C3)nc(CCC(F)(F)F)c2nc1C. The number of hydrogen-bond acceptors (Lipinski definition) is 7. The van der Waals surface area contributed by atoms with Crippen LogP contribution in [0, 0.1) is 13.8 Å². The van der Waals surface area contributed by atoms with Crippen molar-refractivity contribution >= 4 is 17.1 Å². The maximum absolute atomic E-state index is 12.9. The summed E-state index contributed by atoms with van der Waals surface area (Å²) in [5.74, 6) is 0.342. The highest BCUT2D eigenvalue weighted by Crippen LogP contribution is 2.28. The summed E-state index contributed by atoms with van der Waals surface area (Å²) in [5, 5.41) is 4.17. The zero-order chi connectivity index (χ0) is 21.5. The van der Waals surface area contributed by atoms with Crippen molar-refractivity contribution in [3.8, 4) is 0 Å². The summed E-state index contributed by atoms with van der Waals surface area (Å²) < 4.78 is 46.1. The van der Waals surface area contributed by atoms with Crippen LogP contribution in [0.3, 0.4) is 0 Å². The number of anilines is 1. The molecule has 160 valence electrons. The topological polar surface area (TPSA) is 81.9 Å². The number of alkyl halides is 3. The van der Waals surface area contributed by atoms with E-state index in [0.29, 0.717) is 48.2 Å². The fraction of sp³-hybridized carbons (Fsp3) is 0.526. The fourth-order valence-corrected chi connectivity index (χ4v) is 3.37. The highest BCUT2D eigenvalue weighted by molar-refractivity contribution is 5.74. The minimum Gasteiger partial charge on any atom is -0.370 e. The Bertz CT molecular complexity index is 1070. The molecule has 0 spiro atoms. The molecule has 0 aromatic carbocycles. The number of hydrogen-bond donors (Lipinski definition) is 0. The van der Waals surface area contributed by atoms with E-state index in [0.717, 1.165) is 5.56 Å². The van der Waals surface area contributed by atoms with Crippen LogP contribution in [-0.2, 0) is 18.2 Å². The Morgan fingerprint density at radius 3 is 2.60 bits per heavy atom. The van der Waals surface area contributed by atoms with E-state index in [1.807, 2.05) is 18.1 Å². The molecule has 0 radical (unpaired) electrons. The molecule has 8 nitrogen and oxygen atoms in total. The van der Waals surface area contributed by atoms with Gasteiger partial charge in [-0.25, -0.2) is 15.0 Å². The Labute approximate surface area is 171 Å². The van der Waals surface area contributed by atoms with Crippen LogP contribution in [-0.4, -0.2) is 55.6 Å². The third-order valence-corrected chi connectivity index (χ3v) is 5.09. The van der Waals surface area contributed by atoms with Gasteiger partial charge in [-0.2, -0.15) is 23.3 Å². The van der Waals surface area contributed by atoms with E-state index in [2.05, 4.69) is 25.0 Å². The molecule has 0 bridgehead atoms. The van der Waals surface area contributed by atoms with Gasteiger partial charge in [-0.15, -0.1) is 0 Å². The molecule has 1 aliphatic rings. The second kappa shape index (κ2) is 7.78. The lowest BCUT2D eigenvalue weighted by atomic mass is 10.1. The van der Waals surface area contributed by atoms with Crippen molar-refractivity contribution in [3.05, 3.63) is 35.0 Å². The van der Waals surface area contributed by atoms with Crippen LogP contribution >= 0.6 is 0 Å². The molecule has 30 heavy (non-hydrogen) atoms. The first kappa shape index (κ1) is 20.5. The molecule has 3 aromatic heterocycles. The number of fused-ring (bicyclic) bond motifs is 1. The maximum atomic E-state index is 12.9. The molecule has 11 heteroatoms. The first-order chi connectivity index (χ1) is 14.2. The average molecular weight is 421 g/mol. The minimum absolute atomic E-state index is 0.226. The Morgan fingerprint density at radius 2 is 1.90 bits per heavy atom. The largest absolute Gasteiger partial charge is 0.389 e. The van der Waals surface area contributed by atoms with Gasteiger partial charge in [-0.05, 0) is 13.8 Å². The van der Waals surface area contributed by atoms with Gasteiger partial charge in [-0.3, -0.25) is 4.68 Å². The van der Waals surface area contributed by atoms with Gasteiger partial charge >= 0.3 is 6.18 Å². The van der Waals surface area contributed by atoms with Crippen LogP contribution in [0.5, 0.6) is 0 Å². The van der Waals surface area contributed by atoms with Crippen molar-refractivity contribution in [3.63, 3.8) is 0 Å². The summed E-state index contributed by atoms with van der Waals surface area (Å²) in [6.45, 7) is 5.00. The van der Waals surface area contributed by atoms with E-state index in [1.54, 1.807) is 24.7 Å². The van der Waals surface area contributed by atoms with E-state index in [1.165, 1.54) is 0 Å². The maximum Gasteiger partial charge on any atom is 0.389 e. The van der Waals surface area contributed by atoms with Crippen LogP contribution in [0.2, 0.25) is 0 Å². The van der Waals surface area contributed by atoms with Crippen LogP contribution < -0.4 is 4.90 Å². The molecule has 4 rings (SSSR count). The summed E-state index contributed by atoms with van der Waals surface area (Å²) in [7, 11) is 1.83. The van der Waals surface area contributed by atoms with E-state index in [9.17, 15) is 13.2 Å². The predicted octanol–water partition coefficient (Wildman–Crippen LogP) is 2.84. The van der Waals surface area contributed by atoms with Gasteiger partial charge in [0.1, 0.15) is 11.6 Å². The van der Waals surface area contributed by atoms with E-state index in [-0.39, 0.29) is 18.2 Å². The molecule has 0 saturated carbocycles. The third-order valence-electron chi connectivity index (χ3n) is 5.09. The summed E-state index contributed by atoms with van der Waals surface area (Å²) in [6, 6.07) is 0. The zero-order valence-electron chi connectivity index (χ0n) is 16.9. The van der Waals surface area contributed by atoms with Crippen LogP contribution in [0.1, 0.15) is 35.2 Å². The molecule has 0 amide bonds. The molecule has 0 unspecified atom stereocenters. The van der Waals surface area contributed by atoms with Crippen molar-refractivity contribution in [1.29, 1.82) is 0 Å². The lowest BCUT2D eigenvalue weighted by Gasteiger charge is -2.32. The highest BCUT2D eigenvalue weighted by Gasteiger charge is 2.29. The number of ether oxygens (including phenoxy) is 1. The first-order valence-corrected chi connectivity index (χ1v) is 9.63.